The minimum absolute atomic E-state index is 0.120. The largest absolute Gasteiger partial charge is 0.464 e. The summed E-state index contributed by atoms with van der Waals surface area (Å²) >= 11 is 0. The Morgan fingerprint density at radius 1 is 1.41 bits per heavy atom. The van der Waals surface area contributed by atoms with Crippen molar-refractivity contribution in [2.45, 2.75) is 25.9 Å². The number of nitrogens with one attached hydrogen (secondary N) is 2. The number of ether oxygens (including phenoxy) is 1. The van der Waals surface area contributed by atoms with Gasteiger partial charge in [-0.25, -0.2) is 5.10 Å². The lowest BCUT2D eigenvalue weighted by Gasteiger charge is -2.21. The number of imide groups is 1. The van der Waals surface area contributed by atoms with Gasteiger partial charge in [-0.2, -0.15) is 5.10 Å². The van der Waals surface area contributed by atoms with Crippen LogP contribution in [-0.2, 0) is 9.59 Å². The number of hydrogen-bond donors (Lipinski definition) is 2. The fraction of sp³-hybridized carbons (Fsp3) is 0.400. The highest BCUT2D eigenvalue weighted by Gasteiger charge is 2.28. The number of nitrogens with zero attached hydrogens (tertiary/aromatic N) is 1. The summed E-state index contributed by atoms with van der Waals surface area (Å²) in [7, 11) is 0. The standard InChI is InChI=1S/C10H11N3O4/c1-5-6(14)4-9(13-12-5)17-7-2-3-8(15)11-10(7)16/h4,7H,2-3H2,1H3,(H,13,14)(H,11,15,16). The van der Waals surface area contributed by atoms with Gasteiger partial charge in [0, 0.05) is 18.9 Å². The lowest BCUT2D eigenvalue weighted by atomic mass is 10.1. The van der Waals surface area contributed by atoms with E-state index in [1.165, 1.54) is 6.07 Å². The summed E-state index contributed by atoms with van der Waals surface area (Å²) < 4.78 is 5.27. The molecule has 1 aliphatic heterocycles. The molecule has 7 nitrogen and oxygen atoms in total. The van der Waals surface area contributed by atoms with Gasteiger partial charge in [-0.15, -0.1) is 0 Å². The van der Waals surface area contributed by atoms with Crippen molar-refractivity contribution >= 4 is 11.8 Å². The van der Waals surface area contributed by atoms with Gasteiger partial charge in [0.25, 0.3) is 5.91 Å². The van der Waals surface area contributed by atoms with E-state index in [2.05, 4.69) is 15.5 Å². The number of aromatic nitrogens is 2. The van der Waals surface area contributed by atoms with Crippen molar-refractivity contribution < 1.29 is 14.3 Å². The average molecular weight is 237 g/mol. The highest BCUT2D eigenvalue weighted by Crippen LogP contribution is 2.11. The maximum atomic E-state index is 11.4. The average Bonchev–Trinajstić information content (AvgIpc) is 2.27. The summed E-state index contributed by atoms with van der Waals surface area (Å²) in [6.45, 7) is 1.56. The normalized spacial score (nSPS) is 19.9. The number of H-pyrrole nitrogens is 1. The maximum absolute atomic E-state index is 11.4. The Bertz CT molecular complexity index is 523. The molecule has 1 atom stereocenters. The van der Waals surface area contributed by atoms with Crippen LogP contribution in [0.4, 0.5) is 0 Å². The predicted octanol–water partition coefficient (Wildman–Crippen LogP) is -0.738. The summed E-state index contributed by atoms with van der Waals surface area (Å²) in [6.07, 6.45) is -0.256. The summed E-state index contributed by atoms with van der Waals surface area (Å²) in [5, 5.41) is 8.40. The molecule has 7 heteroatoms. The Labute approximate surface area is 96.2 Å². The number of carbonyl (C=O) groups is 2. The molecule has 1 saturated heterocycles. The Hall–Kier alpha value is -2.18. The third kappa shape index (κ3) is 2.49. The summed E-state index contributed by atoms with van der Waals surface area (Å²) in [6, 6.07) is 1.23. The molecule has 0 aliphatic carbocycles. The number of hydrogen-bond acceptors (Lipinski definition) is 5. The molecule has 2 rings (SSSR count). The van der Waals surface area contributed by atoms with Crippen molar-refractivity contribution in [1.29, 1.82) is 0 Å². The number of rotatable bonds is 2. The van der Waals surface area contributed by atoms with Gasteiger partial charge in [-0.1, -0.05) is 0 Å². The second-order valence-corrected chi connectivity index (χ2v) is 3.74. The van der Waals surface area contributed by atoms with Crippen molar-refractivity contribution in [3.05, 3.63) is 22.0 Å². The highest BCUT2D eigenvalue weighted by molar-refractivity contribution is 5.99. The van der Waals surface area contributed by atoms with Gasteiger partial charge in [0.1, 0.15) is 5.69 Å². The van der Waals surface area contributed by atoms with Crippen LogP contribution < -0.4 is 15.5 Å². The van der Waals surface area contributed by atoms with E-state index >= 15 is 0 Å². The number of carbonyl (C=O) groups excluding carboxylic acids is 2. The molecule has 2 N–H and O–H groups in total. The maximum Gasteiger partial charge on any atom is 0.267 e. The third-order valence-corrected chi connectivity index (χ3v) is 2.41. The molecule has 0 aromatic carbocycles. The van der Waals surface area contributed by atoms with Crippen LogP contribution in [0.3, 0.4) is 0 Å². The van der Waals surface area contributed by atoms with Gasteiger partial charge in [-0.05, 0) is 6.92 Å². The van der Waals surface area contributed by atoms with Crippen LogP contribution in [0.5, 0.6) is 5.88 Å². The lowest BCUT2D eigenvalue weighted by Crippen LogP contribution is -2.46. The van der Waals surface area contributed by atoms with E-state index < -0.39 is 12.0 Å². The van der Waals surface area contributed by atoms with E-state index in [0.717, 1.165) is 0 Å². The Balaban J connectivity index is 2.10. The second-order valence-electron chi connectivity index (χ2n) is 3.74. The van der Waals surface area contributed by atoms with Gasteiger partial charge >= 0.3 is 0 Å². The minimum Gasteiger partial charge on any atom is -0.464 e. The highest BCUT2D eigenvalue weighted by atomic mass is 16.5. The molecule has 1 unspecified atom stereocenters. The first kappa shape index (κ1) is 11.3. The molecule has 17 heavy (non-hydrogen) atoms. The number of aryl methyl sites for hydroxylation is 1. The van der Waals surface area contributed by atoms with Crippen LogP contribution in [0.1, 0.15) is 18.5 Å². The zero-order valence-corrected chi connectivity index (χ0v) is 9.15. The van der Waals surface area contributed by atoms with Gasteiger partial charge in [-0.3, -0.25) is 19.7 Å². The smallest absolute Gasteiger partial charge is 0.267 e. The van der Waals surface area contributed by atoms with E-state index in [4.69, 9.17) is 4.74 Å². The first-order valence-corrected chi connectivity index (χ1v) is 5.13. The van der Waals surface area contributed by atoms with E-state index in [1.54, 1.807) is 6.92 Å². The molecule has 0 radical (unpaired) electrons. The van der Waals surface area contributed by atoms with Crippen LogP contribution in [0.2, 0.25) is 0 Å². The van der Waals surface area contributed by atoms with Crippen LogP contribution in [0.15, 0.2) is 10.9 Å². The van der Waals surface area contributed by atoms with Crippen molar-refractivity contribution in [2.75, 3.05) is 0 Å². The number of amides is 2. The van der Waals surface area contributed by atoms with Crippen LogP contribution in [0.25, 0.3) is 0 Å². The molecule has 0 spiro atoms. The topological polar surface area (TPSA) is 101 Å². The van der Waals surface area contributed by atoms with Crippen LogP contribution in [0, 0.1) is 6.92 Å². The van der Waals surface area contributed by atoms with Crippen molar-refractivity contribution in [3.8, 4) is 5.88 Å². The zero-order chi connectivity index (χ0) is 12.4. The SMILES string of the molecule is Cc1n[nH]c(OC2CCC(=O)NC2=O)cc1=O. The molecular formula is C10H11N3O4. The van der Waals surface area contributed by atoms with Crippen molar-refractivity contribution in [1.82, 2.24) is 15.5 Å². The molecule has 0 saturated carbocycles. The zero-order valence-electron chi connectivity index (χ0n) is 9.15. The van der Waals surface area contributed by atoms with Crippen LogP contribution in [-0.4, -0.2) is 28.1 Å². The Morgan fingerprint density at radius 2 is 2.18 bits per heavy atom. The van der Waals surface area contributed by atoms with Crippen molar-refractivity contribution in [3.63, 3.8) is 0 Å². The molecule has 1 fully saturated rings. The molecule has 2 heterocycles. The number of aromatic amines is 1. The lowest BCUT2D eigenvalue weighted by molar-refractivity contribution is -0.139. The summed E-state index contributed by atoms with van der Waals surface area (Å²) in [5.74, 6) is -0.692. The summed E-state index contributed by atoms with van der Waals surface area (Å²) in [4.78, 5) is 33.6. The molecule has 1 aliphatic rings. The second kappa shape index (κ2) is 4.36. The van der Waals surface area contributed by atoms with E-state index in [-0.39, 0.29) is 23.6 Å². The van der Waals surface area contributed by atoms with Crippen molar-refractivity contribution in [2.24, 2.45) is 0 Å². The minimum atomic E-state index is -0.771. The van der Waals surface area contributed by atoms with Gasteiger partial charge in [0.2, 0.25) is 17.2 Å². The van der Waals surface area contributed by atoms with Crippen LogP contribution >= 0.6 is 0 Å². The number of piperidine rings is 1. The Morgan fingerprint density at radius 3 is 2.82 bits per heavy atom. The summed E-state index contributed by atoms with van der Waals surface area (Å²) in [5.41, 5.74) is 0.0478. The predicted molar refractivity (Wildman–Crippen MR) is 56.4 cm³/mol. The van der Waals surface area contributed by atoms with Gasteiger partial charge < -0.3 is 4.74 Å². The Kier molecular flexibility index (Phi) is 2.90. The third-order valence-electron chi connectivity index (χ3n) is 2.41. The quantitative estimate of drug-likeness (QED) is 0.660. The van der Waals surface area contributed by atoms with E-state index in [9.17, 15) is 14.4 Å². The van der Waals surface area contributed by atoms with E-state index in [1.807, 2.05) is 0 Å². The first-order chi connectivity index (χ1) is 8.06. The molecule has 90 valence electrons. The van der Waals surface area contributed by atoms with Gasteiger partial charge in [0.15, 0.2) is 6.10 Å². The van der Waals surface area contributed by atoms with E-state index in [0.29, 0.717) is 12.1 Å². The molecule has 0 bridgehead atoms. The molecule has 1 aromatic rings. The molecule has 1 aromatic heterocycles. The fourth-order valence-corrected chi connectivity index (χ4v) is 1.45. The first-order valence-electron chi connectivity index (χ1n) is 5.13. The molecular weight excluding hydrogens is 226 g/mol. The monoisotopic (exact) mass is 237 g/mol. The van der Waals surface area contributed by atoms with Gasteiger partial charge in [0.05, 0.1) is 0 Å². The molecule has 2 amide bonds. The fourth-order valence-electron chi connectivity index (χ4n) is 1.45.